The highest BCUT2D eigenvalue weighted by molar-refractivity contribution is 7.11. The molecule has 0 fully saturated rings. The van der Waals surface area contributed by atoms with E-state index in [9.17, 15) is 0 Å². The molecule has 1 heterocycles. The highest BCUT2D eigenvalue weighted by Gasteiger charge is 2.03. The Labute approximate surface area is 103 Å². The van der Waals surface area contributed by atoms with E-state index in [-0.39, 0.29) is 0 Å². The molecule has 0 aliphatic carbocycles. The third-order valence-electron chi connectivity index (χ3n) is 2.24. The second-order valence-electron chi connectivity index (χ2n) is 4.73. The quantitative estimate of drug-likeness (QED) is 0.791. The molecule has 1 unspecified atom stereocenters. The maximum absolute atomic E-state index is 5.59. The van der Waals surface area contributed by atoms with E-state index in [1.54, 1.807) is 0 Å². The highest BCUT2D eigenvalue weighted by Crippen LogP contribution is 2.14. The van der Waals surface area contributed by atoms with Crippen LogP contribution in [0.15, 0.2) is 12.1 Å². The van der Waals surface area contributed by atoms with Crippen LogP contribution in [0.25, 0.3) is 0 Å². The maximum Gasteiger partial charge on any atom is 0.0617 e. The lowest BCUT2D eigenvalue weighted by atomic mass is 10.2. The Morgan fingerprint density at radius 3 is 2.56 bits per heavy atom. The third kappa shape index (κ3) is 5.64. The lowest BCUT2D eigenvalue weighted by Gasteiger charge is -2.14. The minimum atomic E-state index is 0.418. The van der Waals surface area contributed by atoms with E-state index in [0.29, 0.717) is 12.0 Å². The number of hydrogen-bond acceptors (Lipinski definition) is 3. The van der Waals surface area contributed by atoms with Crippen molar-refractivity contribution in [2.24, 2.45) is 5.92 Å². The fraction of sp³-hybridized carbons (Fsp3) is 0.692. The molecule has 2 nitrogen and oxygen atoms in total. The monoisotopic (exact) mass is 241 g/mol. The predicted octanol–water partition coefficient (Wildman–Crippen LogP) is 3.21. The summed E-state index contributed by atoms with van der Waals surface area (Å²) in [6.07, 6.45) is 0. The zero-order valence-corrected chi connectivity index (χ0v) is 11.6. The standard InChI is InChI=1S/C13H23NOS/c1-10(2)8-15-9-11(3)14-7-13-6-5-12(4)16-13/h5-6,10-11,14H,7-9H2,1-4H3. The minimum absolute atomic E-state index is 0.418. The summed E-state index contributed by atoms with van der Waals surface area (Å²) in [6, 6.07) is 4.78. The first-order chi connectivity index (χ1) is 7.58. The maximum atomic E-state index is 5.59. The molecule has 0 radical (unpaired) electrons. The smallest absolute Gasteiger partial charge is 0.0617 e. The van der Waals surface area contributed by atoms with Crippen LogP contribution in [0.2, 0.25) is 0 Å². The Hall–Kier alpha value is -0.380. The van der Waals surface area contributed by atoms with Gasteiger partial charge >= 0.3 is 0 Å². The molecule has 1 aromatic heterocycles. The van der Waals surface area contributed by atoms with Crippen LogP contribution in [0.4, 0.5) is 0 Å². The van der Waals surface area contributed by atoms with E-state index in [4.69, 9.17) is 4.74 Å². The number of thiophene rings is 1. The molecule has 3 heteroatoms. The summed E-state index contributed by atoms with van der Waals surface area (Å²) >= 11 is 1.86. The van der Waals surface area contributed by atoms with Crippen molar-refractivity contribution in [1.82, 2.24) is 5.32 Å². The largest absolute Gasteiger partial charge is 0.380 e. The highest BCUT2D eigenvalue weighted by atomic mass is 32.1. The van der Waals surface area contributed by atoms with Gasteiger partial charge in [0.25, 0.3) is 0 Å². The Balaban J connectivity index is 2.12. The van der Waals surface area contributed by atoms with E-state index in [0.717, 1.165) is 19.8 Å². The molecule has 92 valence electrons. The summed E-state index contributed by atoms with van der Waals surface area (Å²) in [5, 5.41) is 3.47. The number of nitrogens with one attached hydrogen (secondary N) is 1. The second kappa shape index (κ2) is 7.05. The van der Waals surface area contributed by atoms with E-state index >= 15 is 0 Å². The molecule has 0 saturated heterocycles. The van der Waals surface area contributed by atoms with Gasteiger partial charge in [0.05, 0.1) is 6.61 Å². The zero-order chi connectivity index (χ0) is 12.0. The van der Waals surface area contributed by atoms with Gasteiger partial charge in [-0.25, -0.2) is 0 Å². The summed E-state index contributed by atoms with van der Waals surface area (Å²) in [6.45, 7) is 11.3. The van der Waals surface area contributed by atoms with Crippen molar-refractivity contribution >= 4 is 11.3 Å². The van der Waals surface area contributed by atoms with E-state index in [1.165, 1.54) is 9.75 Å². The van der Waals surface area contributed by atoms with Crippen LogP contribution in [0, 0.1) is 12.8 Å². The molecule has 1 aromatic rings. The lowest BCUT2D eigenvalue weighted by Crippen LogP contribution is -2.30. The van der Waals surface area contributed by atoms with Crippen LogP contribution in [0.1, 0.15) is 30.5 Å². The Morgan fingerprint density at radius 2 is 2.00 bits per heavy atom. The molecule has 1 N–H and O–H groups in total. The minimum Gasteiger partial charge on any atom is -0.380 e. The van der Waals surface area contributed by atoms with Gasteiger partial charge in [0.2, 0.25) is 0 Å². The first-order valence-electron chi connectivity index (χ1n) is 5.94. The summed E-state index contributed by atoms with van der Waals surface area (Å²) in [4.78, 5) is 2.77. The molecular formula is C13H23NOS. The summed E-state index contributed by atoms with van der Waals surface area (Å²) in [5.74, 6) is 0.618. The van der Waals surface area contributed by atoms with Gasteiger partial charge in [-0.1, -0.05) is 13.8 Å². The number of rotatable bonds is 7. The van der Waals surface area contributed by atoms with E-state index < -0.39 is 0 Å². The van der Waals surface area contributed by atoms with Crippen molar-refractivity contribution in [3.8, 4) is 0 Å². The second-order valence-corrected chi connectivity index (χ2v) is 6.10. The van der Waals surface area contributed by atoms with Gasteiger partial charge in [0.1, 0.15) is 0 Å². The molecule has 0 aliphatic rings. The molecule has 0 aromatic carbocycles. The lowest BCUT2D eigenvalue weighted by molar-refractivity contribution is 0.0936. The predicted molar refractivity (Wildman–Crippen MR) is 71.0 cm³/mol. The molecule has 0 aliphatic heterocycles. The number of aryl methyl sites for hydroxylation is 1. The molecular weight excluding hydrogens is 218 g/mol. The summed E-state index contributed by atoms with van der Waals surface area (Å²) in [7, 11) is 0. The average Bonchev–Trinajstić information content (AvgIpc) is 2.61. The molecule has 0 bridgehead atoms. The van der Waals surface area contributed by atoms with Crippen LogP contribution < -0.4 is 5.32 Å². The van der Waals surface area contributed by atoms with Gasteiger partial charge in [-0.15, -0.1) is 11.3 Å². The van der Waals surface area contributed by atoms with Gasteiger partial charge in [-0.05, 0) is 31.9 Å². The molecule has 0 amide bonds. The number of hydrogen-bond donors (Lipinski definition) is 1. The molecule has 16 heavy (non-hydrogen) atoms. The van der Waals surface area contributed by atoms with Gasteiger partial charge in [0.15, 0.2) is 0 Å². The first-order valence-corrected chi connectivity index (χ1v) is 6.76. The Bertz CT molecular complexity index is 296. The number of ether oxygens (including phenoxy) is 1. The van der Waals surface area contributed by atoms with E-state index in [1.807, 2.05) is 11.3 Å². The Kier molecular flexibility index (Phi) is 6.03. The Morgan fingerprint density at radius 1 is 1.25 bits per heavy atom. The molecule has 0 saturated carbocycles. The van der Waals surface area contributed by atoms with Crippen molar-refractivity contribution < 1.29 is 4.74 Å². The van der Waals surface area contributed by atoms with Gasteiger partial charge in [0, 0.05) is 28.9 Å². The third-order valence-corrected chi connectivity index (χ3v) is 3.24. The SMILES string of the molecule is Cc1ccc(CNC(C)COCC(C)C)s1. The van der Waals surface area contributed by atoms with Crippen molar-refractivity contribution in [3.05, 3.63) is 21.9 Å². The summed E-state index contributed by atoms with van der Waals surface area (Å²) in [5.41, 5.74) is 0. The fourth-order valence-electron chi connectivity index (χ4n) is 1.39. The van der Waals surface area contributed by atoms with Gasteiger partial charge in [-0.2, -0.15) is 0 Å². The molecule has 1 rings (SSSR count). The average molecular weight is 241 g/mol. The van der Waals surface area contributed by atoms with E-state index in [2.05, 4.69) is 45.1 Å². The molecule has 1 atom stereocenters. The van der Waals surface area contributed by atoms with Crippen LogP contribution in [-0.2, 0) is 11.3 Å². The van der Waals surface area contributed by atoms with Crippen LogP contribution >= 0.6 is 11.3 Å². The van der Waals surface area contributed by atoms with Gasteiger partial charge in [-0.3, -0.25) is 0 Å². The van der Waals surface area contributed by atoms with Crippen LogP contribution in [0.3, 0.4) is 0 Å². The van der Waals surface area contributed by atoms with Gasteiger partial charge < -0.3 is 10.1 Å². The van der Waals surface area contributed by atoms with Crippen LogP contribution in [0.5, 0.6) is 0 Å². The van der Waals surface area contributed by atoms with Crippen molar-refractivity contribution in [1.29, 1.82) is 0 Å². The molecule has 0 spiro atoms. The fourth-order valence-corrected chi connectivity index (χ4v) is 2.24. The summed E-state index contributed by atoms with van der Waals surface area (Å²) < 4.78 is 5.59. The van der Waals surface area contributed by atoms with Crippen molar-refractivity contribution in [3.63, 3.8) is 0 Å². The van der Waals surface area contributed by atoms with Crippen LogP contribution in [-0.4, -0.2) is 19.3 Å². The van der Waals surface area contributed by atoms with Crippen molar-refractivity contribution in [2.75, 3.05) is 13.2 Å². The topological polar surface area (TPSA) is 21.3 Å². The normalized spacial score (nSPS) is 13.3. The first kappa shape index (κ1) is 13.7. The van der Waals surface area contributed by atoms with Crippen molar-refractivity contribution in [2.45, 2.75) is 40.3 Å². The zero-order valence-electron chi connectivity index (χ0n) is 10.7.